The Bertz CT molecular complexity index is 1460. The molecule has 2 aromatic heterocycles. The minimum absolute atomic E-state index is 0.0967. The highest BCUT2D eigenvalue weighted by Crippen LogP contribution is 2.41. The first-order valence-electron chi connectivity index (χ1n) is 11.6. The molecule has 34 heavy (non-hydrogen) atoms. The van der Waals surface area contributed by atoms with Crippen LogP contribution in [0.3, 0.4) is 0 Å². The number of hydrogen-bond acceptors (Lipinski definition) is 7. The van der Waals surface area contributed by atoms with Crippen LogP contribution in [0.25, 0.3) is 22.3 Å². The molecular formula is C26H27N3O5. The fraction of sp³-hybridized carbons (Fsp3) is 0.385. The number of ether oxygens (including phenoxy) is 1. The summed E-state index contributed by atoms with van der Waals surface area (Å²) in [7, 11) is 0. The number of aryl methyl sites for hydroxylation is 2. The lowest BCUT2D eigenvalue weighted by molar-refractivity contribution is -0.172. The van der Waals surface area contributed by atoms with Crippen LogP contribution in [0, 0.1) is 0 Å². The third-order valence-electron chi connectivity index (χ3n) is 7.20. The highest BCUT2D eigenvalue weighted by Gasteiger charge is 2.45. The molecule has 0 fully saturated rings. The van der Waals surface area contributed by atoms with Crippen molar-refractivity contribution in [2.45, 2.75) is 65.2 Å². The second-order valence-corrected chi connectivity index (χ2v) is 9.11. The van der Waals surface area contributed by atoms with Crippen LogP contribution in [-0.4, -0.2) is 26.4 Å². The van der Waals surface area contributed by atoms with Gasteiger partial charge in [-0.3, -0.25) is 4.79 Å². The molecule has 3 N–H and O–H groups in total. The van der Waals surface area contributed by atoms with Gasteiger partial charge in [-0.15, -0.1) is 0 Å². The van der Waals surface area contributed by atoms with Crippen molar-refractivity contribution in [2.24, 2.45) is 0 Å². The van der Waals surface area contributed by atoms with Gasteiger partial charge < -0.3 is 24.9 Å². The molecule has 8 heteroatoms. The van der Waals surface area contributed by atoms with Gasteiger partial charge in [-0.1, -0.05) is 19.9 Å². The number of nitrogen functional groups attached to an aromatic ring is 1. The number of anilines is 1. The van der Waals surface area contributed by atoms with Crippen LogP contribution in [0.1, 0.15) is 61.4 Å². The van der Waals surface area contributed by atoms with Gasteiger partial charge in [0.25, 0.3) is 5.56 Å². The number of rotatable bonds is 5. The molecule has 0 radical (unpaired) electrons. The van der Waals surface area contributed by atoms with Crippen LogP contribution < -0.4 is 11.3 Å². The molecule has 0 aliphatic carbocycles. The lowest BCUT2D eigenvalue weighted by Gasteiger charge is -2.31. The number of esters is 1. The van der Waals surface area contributed by atoms with E-state index in [1.165, 1.54) is 0 Å². The highest BCUT2D eigenvalue weighted by atomic mass is 16.6. The number of carbonyl (C=O) groups is 2. The second-order valence-electron chi connectivity index (χ2n) is 9.11. The SMILES string of the molecule is CCc1c2c(nc3ccc(CCC(C)=O)c(N)c13)-c1cc3c(c(=O)n1C2)COC(=O)[C@]3(O)CC. The van der Waals surface area contributed by atoms with Gasteiger partial charge >= 0.3 is 5.97 Å². The number of fused-ring (bicyclic) bond motifs is 5. The summed E-state index contributed by atoms with van der Waals surface area (Å²) in [4.78, 5) is 42.2. The van der Waals surface area contributed by atoms with Crippen LogP contribution >= 0.6 is 0 Å². The van der Waals surface area contributed by atoms with E-state index in [-0.39, 0.29) is 24.4 Å². The lowest BCUT2D eigenvalue weighted by atomic mass is 9.86. The van der Waals surface area contributed by atoms with Crippen molar-refractivity contribution < 1.29 is 19.4 Å². The van der Waals surface area contributed by atoms with Crippen molar-refractivity contribution in [1.29, 1.82) is 0 Å². The van der Waals surface area contributed by atoms with Gasteiger partial charge in [0.15, 0.2) is 5.60 Å². The predicted molar refractivity (Wildman–Crippen MR) is 127 cm³/mol. The summed E-state index contributed by atoms with van der Waals surface area (Å²) < 4.78 is 6.78. The lowest BCUT2D eigenvalue weighted by Crippen LogP contribution is -2.44. The Morgan fingerprint density at radius 2 is 2.03 bits per heavy atom. The Morgan fingerprint density at radius 1 is 1.26 bits per heavy atom. The number of nitrogens with two attached hydrogens (primary N) is 1. The molecule has 5 rings (SSSR count). The molecule has 0 unspecified atom stereocenters. The number of ketones is 1. The summed E-state index contributed by atoms with van der Waals surface area (Å²) in [5.74, 6) is -0.632. The molecule has 1 atom stereocenters. The fourth-order valence-electron chi connectivity index (χ4n) is 5.26. The summed E-state index contributed by atoms with van der Waals surface area (Å²) in [6.45, 7) is 5.46. The molecule has 0 saturated heterocycles. The first-order chi connectivity index (χ1) is 16.2. The Morgan fingerprint density at radius 3 is 2.71 bits per heavy atom. The van der Waals surface area contributed by atoms with Crippen molar-refractivity contribution in [1.82, 2.24) is 9.55 Å². The minimum Gasteiger partial charge on any atom is -0.458 e. The van der Waals surface area contributed by atoms with E-state index >= 15 is 0 Å². The molecule has 1 aromatic carbocycles. The molecule has 4 heterocycles. The van der Waals surface area contributed by atoms with Crippen LogP contribution in [-0.2, 0) is 45.9 Å². The number of Topliss-reactive ketones (excluding diaryl/α,β-unsaturated/α-hetero) is 1. The highest BCUT2D eigenvalue weighted by molar-refractivity contribution is 5.98. The fourth-order valence-corrected chi connectivity index (χ4v) is 5.26. The smallest absolute Gasteiger partial charge is 0.343 e. The standard InChI is InChI=1S/C26H27N3O5/c1-4-15-16-11-29-20(10-18-17(24(29)31)12-34-25(32)26(18,33)5-2)23(16)28-19-9-8-14(7-6-13(3)30)22(27)21(15)19/h8-10,33H,4-7,11-12,27H2,1-3H3/t26-/m0/s1. The second kappa shape index (κ2) is 7.77. The largest absolute Gasteiger partial charge is 0.458 e. The number of nitrogens with zero attached hydrogens (tertiary/aromatic N) is 2. The van der Waals surface area contributed by atoms with E-state index in [1.807, 2.05) is 19.1 Å². The first kappa shape index (κ1) is 22.3. The zero-order chi connectivity index (χ0) is 24.4. The molecule has 0 bridgehead atoms. The Hall–Kier alpha value is -3.52. The zero-order valence-electron chi connectivity index (χ0n) is 19.5. The van der Waals surface area contributed by atoms with Crippen molar-refractivity contribution in [3.05, 3.63) is 56.4 Å². The molecule has 176 valence electrons. The van der Waals surface area contributed by atoms with Gasteiger partial charge in [-0.2, -0.15) is 0 Å². The number of hydrogen-bond donors (Lipinski definition) is 2. The predicted octanol–water partition coefficient (Wildman–Crippen LogP) is 2.75. The van der Waals surface area contributed by atoms with E-state index in [2.05, 4.69) is 0 Å². The van der Waals surface area contributed by atoms with Crippen LogP contribution in [0.15, 0.2) is 23.0 Å². The monoisotopic (exact) mass is 461 g/mol. The van der Waals surface area contributed by atoms with E-state index in [0.29, 0.717) is 59.5 Å². The molecule has 2 aliphatic rings. The number of carbonyl (C=O) groups excluding carboxylic acids is 2. The zero-order valence-corrected chi connectivity index (χ0v) is 19.5. The number of cyclic esters (lactones) is 1. The number of pyridine rings is 2. The normalized spacial score (nSPS) is 18.4. The van der Waals surface area contributed by atoms with Gasteiger partial charge in [0.2, 0.25) is 0 Å². The topological polar surface area (TPSA) is 125 Å². The van der Waals surface area contributed by atoms with Crippen LogP contribution in [0.4, 0.5) is 5.69 Å². The maximum absolute atomic E-state index is 13.4. The van der Waals surface area contributed by atoms with E-state index in [9.17, 15) is 19.5 Å². The van der Waals surface area contributed by atoms with Gasteiger partial charge in [0.1, 0.15) is 12.4 Å². The van der Waals surface area contributed by atoms with Crippen molar-refractivity contribution in [3.8, 4) is 11.4 Å². The number of benzene rings is 1. The average molecular weight is 462 g/mol. The Labute approximate surface area is 196 Å². The van der Waals surface area contributed by atoms with E-state index in [0.717, 1.165) is 22.1 Å². The number of aromatic nitrogens is 2. The van der Waals surface area contributed by atoms with Crippen LogP contribution in [0.2, 0.25) is 0 Å². The van der Waals surface area contributed by atoms with Crippen molar-refractivity contribution >= 4 is 28.3 Å². The number of aliphatic hydroxyl groups is 1. The maximum Gasteiger partial charge on any atom is 0.343 e. The summed E-state index contributed by atoms with van der Waals surface area (Å²) in [6, 6.07) is 5.52. The summed E-state index contributed by atoms with van der Waals surface area (Å²) in [5.41, 5.74) is 10.4. The molecular weight excluding hydrogens is 434 g/mol. The summed E-state index contributed by atoms with van der Waals surface area (Å²) in [6.07, 6.45) is 1.76. The quantitative estimate of drug-likeness (QED) is 0.346. The summed E-state index contributed by atoms with van der Waals surface area (Å²) in [5, 5.41) is 11.9. The van der Waals surface area contributed by atoms with Gasteiger partial charge in [-0.05, 0) is 49.4 Å². The minimum atomic E-state index is -1.86. The van der Waals surface area contributed by atoms with Crippen LogP contribution in [0.5, 0.6) is 0 Å². The van der Waals surface area contributed by atoms with Gasteiger partial charge in [-0.25, -0.2) is 9.78 Å². The molecule has 0 amide bonds. The van der Waals surface area contributed by atoms with Gasteiger partial charge in [0.05, 0.1) is 29.0 Å². The van der Waals surface area contributed by atoms with E-state index < -0.39 is 11.6 Å². The Kier molecular flexibility index (Phi) is 5.09. The third kappa shape index (κ3) is 3.01. The Balaban J connectivity index is 1.75. The van der Waals surface area contributed by atoms with Gasteiger partial charge in [0, 0.05) is 28.6 Å². The summed E-state index contributed by atoms with van der Waals surface area (Å²) >= 11 is 0. The average Bonchev–Trinajstić information content (AvgIpc) is 3.18. The maximum atomic E-state index is 13.4. The molecule has 2 aliphatic heterocycles. The molecule has 0 spiro atoms. The van der Waals surface area contributed by atoms with E-state index in [1.54, 1.807) is 24.5 Å². The molecule has 0 saturated carbocycles. The third-order valence-corrected chi connectivity index (χ3v) is 7.20. The van der Waals surface area contributed by atoms with E-state index in [4.69, 9.17) is 15.5 Å². The molecule has 8 nitrogen and oxygen atoms in total. The van der Waals surface area contributed by atoms with Crippen molar-refractivity contribution in [2.75, 3.05) is 5.73 Å². The first-order valence-corrected chi connectivity index (χ1v) is 11.6. The van der Waals surface area contributed by atoms with Crippen molar-refractivity contribution in [3.63, 3.8) is 0 Å². The molecule has 3 aromatic rings.